The number of anilines is 1. The van der Waals surface area contributed by atoms with Crippen molar-refractivity contribution in [1.29, 1.82) is 0 Å². The molecule has 0 spiro atoms. The number of nitrogens with two attached hydrogens (primary N) is 1. The van der Waals surface area contributed by atoms with Crippen LogP contribution in [0.1, 0.15) is 4.88 Å². The first-order chi connectivity index (χ1) is 9.42. The van der Waals surface area contributed by atoms with Crippen LogP contribution in [0.15, 0.2) is 34.5 Å². The summed E-state index contributed by atoms with van der Waals surface area (Å²) in [5.74, 6) is 0. The monoisotopic (exact) mass is 350 g/mol. The Kier molecular flexibility index (Phi) is 4.93. The summed E-state index contributed by atoms with van der Waals surface area (Å²) in [6.07, 6.45) is 0.651. The molecule has 108 valence electrons. The molecule has 0 radical (unpaired) electrons. The lowest BCUT2D eigenvalue weighted by molar-refractivity contribution is 0.603. The number of benzene rings is 1. The smallest absolute Gasteiger partial charge is 0.271 e. The molecule has 0 aliphatic rings. The van der Waals surface area contributed by atoms with Gasteiger partial charge in [-0.1, -0.05) is 23.2 Å². The van der Waals surface area contributed by atoms with Gasteiger partial charge in [-0.2, -0.15) is 0 Å². The largest absolute Gasteiger partial charge is 0.330 e. The van der Waals surface area contributed by atoms with Crippen LogP contribution in [0.25, 0.3) is 0 Å². The summed E-state index contributed by atoms with van der Waals surface area (Å²) >= 11 is 13.0. The second-order valence-electron chi connectivity index (χ2n) is 3.99. The highest BCUT2D eigenvalue weighted by molar-refractivity contribution is 7.94. The minimum absolute atomic E-state index is 0.219. The summed E-state index contributed by atoms with van der Waals surface area (Å²) in [6.45, 7) is 0.480. The molecule has 0 fully saturated rings. The van der Waals surface area contributed by atoms with Gasteiger partial charge >= 0.3 is 0 Å². The van der Waals surface area contributed by atoms with Gasteiger partial charge < -0.3 is 5.73 Å². The Morgan fingerprint density at radius 2 is 1.95 bits per heavy atom. The van der Waals surface area contributed by atoms with Crippen molar-refractivity contribution in [2.45, 2.75) is 10.6 Å². The molecule has 0 aliphatic heterocycles. The molecular formula is C12H12Cl2N2O2S2. The quantitative estimate of drug-likeness (QED) is 0.868. The number of sulfonamides is 1. The summed E-state index contributed by atoms with van der Waals surface area (Å²) in [7, 11) is -3.67. The molecule has 0 aliphatic carbocycles. The van der Waals surface area contributed by atoms with E-state index in [-0.39, 0.29) is 14.9 Å². The maximum absolute atomic E-state index is 12.2. The Morgan fingerprint density at radius 3 is 2.65 bits per heavy atom. The molecule has 1 aromatic carbocycles. The molecule has 0 amide bonds. The van der Waals surface area contributed by atoms with Crippen LogP contribution in [-0.2, 0) is 16.4 Å². The third-order valence-corrected chi connectivity index (χ3v) is 6.03. The third kappa shape index (κ3) is 3.65. The summed E-state index contributed by atoms with van der Waals surface area (Å²) in [6, 6.07) is 7.90. The van der Waals surface area contributed by atoms with Crippen molar-refractivity contribution in [3.05, 3.63) is 45.3 Å². The molecule has 0 bridgehead atoms. The maximum atomic E-state index is 12.2. The van der Waals surface area contributed by atoms with Crippen LogP contribution in [0.2, 0.25) is 10.0 Å². The number of thiophene rings is 1. The minimum atomic E-state index is -3.67. The van der Waals surface area contributed by atoms with Gasteiger partial charge in [0.2, 0.25) is 0 Å². The summed E-state index contributed by atoms with van der Waals surface area (Å²) < 4.78 is 27.2. The van der Waals surface area contributed by atoms with E-state index >= 15 is 0 Å². The molecule has 0 saturated heterocycles. The number of rotatable bonds is 5. The highest BCUT2D eigenvalue weighted by Crippen LogP contribution is 2.29. The summed E-state index contributed by atoms with van der Waals surface area (Å²) in [4.78, 5) is 0.921. The van der Waals surface area contributed by atoms with Gasteiger partial charge in [-0.15, -0.1) is 11.3 Å². The van der Waals surface area contributed by atoms with E-state index in [9.17, 15) is 8.42 Å². The highest BCUT2D eigenvalue weighted by atomic mass is 35.5. The van der Waals surface area contributed by atoms with Crippen LogP contribution < -0.4 is 10.5 Å². The summed E-state index contributed by atoms with van der Waals surface area (Å²) in [5.41, 5.74) is 5.71. The Hall–Kier alpha value is -0.790. The molecule has 4 nitrogen and oxygen atoms in total. The van der Waals surface area contributed by atoms with Crippen molar-refractivity contribution >= 4 is 50.2 Å². The molecule has 3 N–H and O–H groups in total. The zero-order valence-corrected chi connectivity index (χ0v) is 13.4. The van der Waals surface area contributed by atoms with Crippen molar-refractivity contribution in [3.63, 3.8) is 0 Å². The lowest BCUT2D eigenvalue weighted by Gasteiger charge is -2.08. The Bertz CT molecular complexity index is 714. The average molecular weight is 351 g/mol. The maximum Gasteiger partial charge on any atom is 0.271 e. The molecule has 0 saturated carbocycles. The van der Waals surface area contributed by atoms with Gasteiger partial charge in [-0.25, -0.2) is 8.42 Å². The van der Waals surface area contributed by atoms with Crippen molar-refractivity contribution in [3.8, 4) is 0 Å². The Morgan fingerprint density at radius 1 is 1.20 bits per heavy atom. The second kappa shape index (κ2) is 6.32. The molecule has 20 heavy (non-hydrogen) atoms. The van der Waals surface area contributed by atoms with Crippen LogP contribution in [-0.4, -0.2) is 15.0 Å². The topological polar surface area (TPSA) is 72.2 Å². The van der Waals surface area contributed by atoms with Crippen LogP contribution in [0.3, 0.4) is 0 Å². The normalized spacial score (nSPS) is 11.6. The zero-order valence-electron chi connectivity index (χ0n) is 10.3. The SMILES string of the molecule is NCCc1ccc(S(=O)(=O)Nc2cc(Cl)ccc2Cl)s1. The van der Waals surface area contributed by atoms with E-state index in [1.54, 1.807) is 18.2 Å². The van der Waals surface area contributed by atoms with E-state index in [1.807, 2.05) is 0 Å². The molecule has 1 aromatic heterocycles. The molecule has 1 heterocycles. The van der Waals surface area contributed by atoms with Gasteiger partial charge in [0.1, 0.15) is 4.21 Å². The number of halogens is 2. The van der Waals surface area contributed by atoms with Gasteiger partial charge in [-0.3, -0.25) is 4.72 Å². The van der Waals surface area contributed by atoms with Crippen LogP contribution in [0, 0.1) is 0 Å². The van der Waals surface area contributed by atoms with E-state index in [2.05, 4.69) is 4.72 Å². The fourth-order valence-electron chi connectivity index (χ4n) is 1.55. The highest BCUT2D eigenvalue weighted by Gasteiger charge is 2.18. The Balaban J connectivity index is 2.28. The van der Waals surface area contributed by atoms with Gasteiger partial charge in [-0.05, 0) is 43.3 Å². The molecule has 2 rings (SSSR count). The van der Waals surface area contributed by atoms with Crippen LogP contribution in [0.4, 0.5) is 5.69 Å². The fourth-order valence-corrected chi connectivity index (χ4v) is 4.38. The average Bonchev–Trinajstić information content (AvgIpc) is 2.83. The van der Waals surface area contributed by atoms with Gasteiger partial charge in [0.15, 0.2) is 0 Å². The van der Waals surface area contributed by atoms with Crippen LogP contribution >= 0.6 is 34.5 Å². The zero-order chi connectivity index (χ0) is 14.8. The van der Waals surface area contributed by atoms with E-state index in [4.69, 9.17) is 28.9 Å². The first-order valence-electron chi connectivity index (χ1n) is 5.69. The molecular weight excluding hydrogens is 339 g/mol. The Labute approximate surface area is 131 Å². The van der Waals surface area contributed by atoms with E-state index in [0.29, 0.717) is 18.0 Å². The van der Waals surface area contributed by atoms with E-state index < -0.39 is 10.0 Å². The third-order valence-electron chi connectivity index (χ3n) is 2.47. The molecule has 0 unspecified atom stereocenters. The van der Waals surface area contributed by atoms with Crippen molar-refractivity contribution < 1.29 is 8.42 Å². The first-order valence-corrected chi connectivity index (χ1v) is 8.74. The molecule has 8 heteroatoms. The second-order valence-corrected chi connectivity index (χ2v) is 7.91. The van der Waals surface area contributed by atoms with Crippen LogP contribution in [0.5, 0.6) is 0 Å². The molecule has 0 atom stereocenters. The first kappa shape index (κ1) is 15.6. The fraction of sp³-hybridized carbons (Fsp3) is 0.167. The van der Waals surface area contributed by atoms with Gasteiger partial charge in [0.25, 0.3) is 10.0 Å². The number of hydrogen-bond donors (Lipinski definition) is 2. The number of nitrogens with one attached hydrogen (secondary N) is 1. The van der Waals surface area contributed by atoms with Gasteiger partial charge in [0, 0.05) is 9.90 Å². The van der Waals surface area contributed by atoms with Crippen molar-refractivity contribution in [2.24, 2.45) is 5.73 Å². The predicted octanol–water partition coefficient (Wildman–Crippen LogP) is 3.36. The van der Waals surface area contributed by atoms with Gasteiger partial charge in [0.05, 0.1) is 10.7 Å². The lowest BCUT2D eigenvalue weighted by atomic mass is 10.3. The van der Waals surface area contributed by atoms with E-state index in [0.717, 1.165) is 4.88 Å². The van der Waals surface area contributed by atoms with E-state index in [1.165, 1.54) is 23.5 Å². The molecule has 2 aromatic rings. The lowest BCUT2D eigenvalue weighted by Crippen LogP contribution is -2.11. The van der Waals surface area contributed by atoms with Crippen molar-refractivity contribution in [2.75, 3.05) is 11.3 Å². The minimum Gasteiger partial charge on any atom is -0.330 e. The predicted molar refractivity (Wildman–Crippen MR) is 84.3 cm³/mol. The standard InChI is InChI=1S/C12H12Cl2N2O2S2/c13-8-1-3-10(14)11(7-8)16-20(17,18)12-4-2-9(19-12)5-6-15/h1-4,7,16H,5-6,15H2. The number of hydrogen-bond acceptors (Lipinski definition) is 4. The summed E-state index contributed by atoms with van der Waals surface area (Å²) in [5, 5.41) is 0.693. The van der Waals surface area contributed by atoms with Crippen molar-refractivity contribution in [1.82, 2.24) is 0 Å².